The lowest BCUT2D eigenvalue weighted by molar-refractivity contribution is -0.524. The summed E-state index contributed by atoms with van der Waals surface area (Å²) in [5.41, 5.74) is 2.81. The summed E-state index contributed by atoms with van der Waals surface area (Å²) in [5, 5.41) is 2.90. The highest BCUT2D eigenvalue weighted by Gasteiger charge is 2.29. The summed E-state index contributed by atoms with van der Waals surface area (Å²) in [4.78, 5) is 22.3. The van der Waals surface area contributed by atoms with Gasteiger partial charge in [-0.2, -0.15) is 0 Å². The van der Waals surface area contributed by atoms with E-state index in [1.165, 1.54) is 12.5 Å². The normalized spacial score (nSPS) is 16.7. The number of rotatable bonds is 5. The van der Waals surface area contributed by atoms with Crippen LogP contribution in [0.2, 0.25) is 0 Å². The highest BCUT2D eigenvalue weighted by atomic mass is 16.1. The molecule has 1 N–H and O–H groups in total. The number of benzene rings is 1. The summed E-state index contributed by atoms with van der Waals surface area (Å²) in [6.45, 7) is 9.34. The fraction of sp³-hybridized carbons (Fsp3) is 0.391. The first kappa shape index (κ1) is 20.5. The molecule has 1 amide bonds. The summed E-state index contributed by atoms with van der Waals surface area (Å²) in [7, 11) is 2.00. The predicted molar refractivity (Wildman–Crippen MR) is 115 cm³/mol. The molecule has 1 aromatic carbocycles. The molecule has 2 atom stereocenters. The van der Waals surface area contributed by atoms with E-state index < -0.39 is 0 Å². The van der Waals surface area contributed by atoms with Gasteiger partial charge >= 0.3 is 0 Å². The molecule has 2 aromatic rings. The SMILES string of the molecule is C=[N+](C)C1CCN(c2nccc(C#Cc3ccc(CC(C)NC(C)=O)cc3)n2)C1. The average Bonchev–Trinajstić information content (AvgIpc) is 3.18. The van der Waals surface area contributed by atoms with E-state index in [2.05, 4.69) is 38.7 Å². The van der Waals surface area contributed by atoms with Crippen molar-refractivity contribution in [3.05, 3.63) is 53.3 Å². The molecule has 3 rings (SSSR count). The van der Waals surface area contributed by atoms with Crippen LogP contribution in [0, 0.1) is 11.8 Å². The number of anilines is 1. The van der Waals surface area contributed by atoms with Gasteiger partial charge in [0, 0.05) is 37.7 Å². The maximum Gasteiger partial charge on any atom is 0.226 e. The second-order valence-electron chi connectivity index (χ2n) is 7.64. The van der Waals surface area contributed by atoms with Crippen LogP contribution in [-0.4, -0.2) is 59.4 Å². The molecule has 0 aliphatic carbocycles. The molecule has 1 aliphatic heterocycles. The lowest BCUT2D eigenvalue weighted by Gasteiger charge is -2.14. The van der Waals surface area contributed by atoms with Gasteiger partial charge in [-0.3, -0.25) is 4.79 Å². The third kappa shape index (κ3) is 5.89. The zero-order chi connectivity index (χ0) is 20.8. The number of nitrogens with zero attached hydrogens (tertiary/aromatic N) is 4. The van der Waals surface area contributed by atoms with Crippen molar-refractivity contribution in [3.8, 4) is 11.8 Å². The summed E-state index contributed by atoms with van der Waals surface area (Å²) in [6.07, 6.45) is 3.62. The van der Waals surface area contributed by atoms with Gasteiger partial charge in [0.2, 0.25) is 11.9 Å². The predicted octanol–water partition coefficient (Wildman–Crippen LogP) is 1.87. The van der Waals surface area contributed by atoms with Gasteiger partial charge in [0.05, 0.1) is 6.54 Å². The van der Waals surface area contributed by atoms with Gasteiger partial charge in [-0.1, -0.05) is 18.1 Å². The molecule has 1 fully saturated rings. The quantitative estimate of drug-likeness (QED) is 0.481. The van der Waals surface area contributed by atoms with E-state index in [1.807, 2.05) is 48.9 Å². The van der Waals surface area contributed by atoms with Crippen LogP contribution in [0.1, 0.15) is 37.1 Å². The molecule has 1 aromatic heterocycles. The van der Waals surface area contributed by atoms with E-state index in [9.17, 15) is 4.79 Å². The molecular formula is C23H28N5O+. The van der Waals surface area contributed by atoms with Crippen LogP contribution in [0.25, 0.3) is 0 Å². The molecule has 0 bridgehead atoms. The first-order valence-corrected chi connectivity index (χ1v) is 9.90. The maximum atomic E-state index is 11.1. The Balaban J connectivity index is 1.64. The second kappa shape index (κ2) is 9.33. The molecule has 0 saturated carbocycles. The zero-order valence-corrected chi connectivity index (χ0v) is 17.4. The van der Waals surface area contributed by atoms with Crippen molar-refractivity contribution >= 4 is 18.6 Å². The summed E-state index contributed by atoms with van der Waals surface area (Å²) >= 11 is 0. The standard InChI is InChI=1S/C23H27N5O/c1-17(25-18(2)29)15-20-7-5-19(6-8-20)9-10-21-11-13-24-23(26-21)28-14-12-22(16-28)27(3)4/h5-8,11,13,17,22H,3,12,14-16H2,1-2,4H3/p+1. The molecule has 0 spiro atoms. The van der Waals surface area contributed by atoms with E-state index in [4.69, 9.17) is 0 Å². The Labute approximate surface area is 172 Å². The van der Waals surface area contributed by atoms with Crippen LogP contribution in [0.5, 0.6) is 0 Å². The highest BCUT2D eigenvalue weighted by Crippen LogP contribution is 2.17. The maximum absolute atomic E-state index is 11.1. The zero-order valence-electron chi connectivity index (χ0n) is 17.4. The Kier molecular flexibility index (Phi) is 6.61. The van der Waals surface area contributed by atoms with Gasteiger partial charge in [0.25, 0.3) is 0 Å². The number of nitrogens with one attached hydrogen (secondary N) is 1. The van der Waals surface area contributed by atoms with Crippen molar-refractivity contribution in [3.63, 3.8) is 0 Å². The topological polar surface area (TPSA) is 61.1 Å². The Bertz CT molecular complexity index is 942. The molecule has 2 unspecified atom stereocenters. The van der Waals surface area contributed by atoms with Gasteiger partial charge in [0.1, 0.15) is 19.5 Å². The van der Waals surface area contributed by atoms with E-state index in [-0.39, 0.29) is 11.9 Å². The van der Waals surface area contributed by atoms with E-state index in [1.54, 1.807) is 6.20 Å². The number of hydrogen-bond acceptors (Lipinski definition) is 4. The largest absolute Gasteiger partial charge is 0.354 e. The minimum atomic E-state index is -0.00737. The average molecular weight is 391 g/mol. The lowest BCUT2D eigenvalue weighted by Crippen LogP contribution is -2.31. The summed E-state index contributed by atoms with van der Waals surface area (Å²) in [6, 6.07) is 10.5. The van der Waals surface area contributed by atoms with E-state index >= 15 is 0 Å². The van der Waals surface area contributed by atoms with Crippen LogP contribution in [-0.2, 0) is 11.2 Å². The molecular weight excluding hydrogens is 362 g/mol. The van der Waals surface area contributed by atoms with E-state index in [0.717, 1.165) is 37.4 Å². The van der Waals surface area contributed by atoms with Gasteiger partial charge in [-0.05, 0) is 43.0 Å². The first-order chi connectivity index (χ1) is 13.9. The summed E-state index contributed by atoms with van der Waals surface area (Å²) in [5.74, 6) is 7.03. The number of amides is 1. The Morgan fingerprint density at radius 1 is 1.34 bits per heavy atom. The number of hydrogen-bond donors (Lipinski definition) is 1. The number of carbonyl (C=O) groups is 1. The second-order valence-corrected chi connectivity index (χ2v) is 7.64. The van der Waals surface area contributed by atoms with Crippen molar-refractivity contribution < 1.29 is 9.37 Å². The van der Waals surface area contributed by atoms with Crippen molar-refractivity contribution in [1.82, 2.24) is 15.3 Å². The van der Waals surface area contributed by atoms with Crippen LogP contribution in [0.4, 0.5) is 5.95 Å². The van der Waals surface area contributed by atoms with Crippen molar-refractivity contribution in [2.45, 2.75) is 38.8 Å². The smallest absolute Gasteiger partial charge is 0.226 e. The molecule has 2 heterocycles. The van der Waals surface area contributed by atoms with Gasteiger partial charge in [-0.15, -0.1) is 0 Å². The van der Waals surface area contributed by atoms with Crippen LogP contribution < -0.4 is 10.2 Å². The molecule has 29 heavy (non-hydrogen) atoms. The molecule has 150 valence electrons. The minimum Gasteiger partial charge on any atom is -0.354 e. The Morgan fingerprint density at radius 3 is 2.76 bits per heavy atom. The Hall–Kier alpha value is -3.20. The monoisotopic (exact) mass is 390 g/mol. The van der Waals surface area contributed by atoms with Gasteiger partial charge in [-0.25, -0.2) is 14.5 Å². The fourth-order valence-electron chi connectivity index (χ4n) is 3.47. The van der Waals surface area contributed by atoms with Crippen LogP contribution >= 0.6 is 0 Å². The third-order valence-corrected chi connectivity index (χ3v) is 4.99. The molecule has 1 saturated heterocycles. The molecule has 6 heteroatoms. The van der Waals surface area contributed by atoms with Crippen molar-refractivity contribution in [1.29, 1.82) is 0 Å². The third-order valence-electron chi connectivity index (χ3n) is 4.99. The molecule has 6 nitrogen and oxygen atoms in total. The van der Waals surface area contributed by atoms with Crippen molar-refractivity contribution in [2.24, 2.45) is 0 Å². The molecule has 1 aliphatic rings. The lowest BCUT2D eigenvalue weighted by atomic mass is 10.1. The van der Waals surface area contributed by atoms with Crippen LogP contribution in [0.3, 0.4) is 0 Å². The summed E-state index contributed by atoms with van der Waals surface area (Å²) < 4.78 is 2.00. The Morgan fingerprint density at radius 2 is 2.10 bits per heavy atom. The fourth-order valence-corrected chi connectivity index (χ4v) is 3.47. The number of likely N-dealkylation sites (N-methyl/N-ethyl adjacent to an activating group) is 1. The van der Waals surface area contributed by atoms with Crippen molar-refractivity contribution in [2.75, 3.05) is 25.0 Å². The molecule has 0 radical (unpaired) electrons. The van der Waals surface area contributed by atoms with Gasteiger partial charge in [0.15, 0.2) is 6.04 Å². The first-order valence-electron chi connectivity index (χ1n) is 9.90. The van der Waals surface area contributed by atoms with E-state index in [0.29, 0.717) is 11.7 Å². The minimum absolute atomic E-state index is 0.00737. The number of carbonyl (C=O) groups excluding carboxylic acids is 1. The number of aromatic nitrogens is 2. The van der Waals surface area contributed by atoms with Crippen LogP contribution in [0.15, 0.2) is 36.5 Å². The van der Waals surface area contributed by atoms with Gasteiger partial charge < -0.3 is 10.2 Å². The highest BCUT2D eigenvalue weighted by molar-refractivity contribution is 5.73.